The topological polar surface area (TPSA) is 131 Å². The Hall–Kier alpha value is -3.02. The quantitative estimate of drug-likeness (QED) is 0.619. The zero-order valence-corrected chi connectivity index (χ0v) is 9.61. The number of hydrogen-bond donors (Lipinski definition) is 1. The van der Waals surface area contributed by atoms with Crippen LogP contribution in [0.4, 0.5) is 11.5 Å². The summed E-state index contributed by atoms with van der Waals surface area (Å²) in [5, 5.41) is 26.1. The van der Waals surface area contributed by atoms with Gasteiger partial charge in [0.25, 0.3) is 0 Å². The van der Waals surface area contributed by atoms with E-state index < -0.39 is 4.92 Å². The van der Waals surface area contributed by atoms with Gasteiger partial charge in [-0.2, -0.15) is 10.2 Å². The minimum atomic E-state index is -0.637. The SMILES string of the molecule is N#Cc1ccnc(NCCc2ncon2)c1[N+](=O)[O-]. The largest absolute Gasteiger partial charge is 0.364 e. The smallest absolute Gasteiger partial charge is 0.328 e. The first kappa shape index (κ1) is 12.4. The first-order chi connectivity index (χ1) is 9.22. The van der Waals surface area contributed by atoms with Gasteiger partial charge in [-0.05, 0) is 6.07 Å². The highest BCUT2D eigenvalue weighted by Gasteiger charge is 2.20. The van der Waals surface area contributed by atoms with Crippen molar-refractivity contribution in [2.24, 2.45) is 0 Å². The predicted molar refractivity (Wildman–Crippen MR) is 62.1 cm³/mol. The highest BCUT2D eigenvalue weighted by atomic mass is 16.6. The lowest BCUT2D eigenvalue weighted by Crippen LogP contribution is -2.10. The molecular weight excluding hydrogens is 252 g/mol. The van der Waals surface area contributed by atoms with Crippen molar-refractivity contribution in [1.82, 2.24) is 15.1 Å². The summed E-state index contributed by atoms with van der Waals surface area (Å²) in [4.78, 5) is 18.0. The second-order valence-corrected chi connectivity index (χ2v) is 3.45. The summed E-state index contributed by atoms with van der Waals surface area (Å²) in [5.74, 6) is 0.527. The number of aromatic nitrogens is 3. The zero-order chi connectivity index (χ0) is 13.7. The van der Waals surface area contributed by atoms with Crippen LogP contribution in [0, 0.1) is 21.4 Å². The molecule has 0 saturated carbocycles. The first-order valence-corrected chi connectivity index (χ1v) is 5.25. The van der Waals surface area contributed by atoms with E-state index >= 15 is 0 Å². The molecule has 96 valence electrons. The molecule has 0 aromatic carbocycles. The van der Waals surface area contributed by atoms with Gasteiger partial charge in [-0.1, -0.05) is 5.16 Å². The first-order valence-electron chi connectivity index (χ1n) is 5.25. The maximum atomic E-state index is 10.9. The van der Waals surface area contributed by atoms with Crippen molar-refractivity contribution in [3.8, 4) is 6.07 Å². The average Bonchev–Trinajstić information content (AvgIpc) is 2.91. The van der Waals surface area contributed by atoms with Crippen LogP contribution < -0.4 is 5.32 Å². The highest BCUT2D eigenvalue weighted by Crippen LogP contribution is 2.25. The number of hydrogen-bond acceptors (Lipinski definition) is 8. The standard InChI is InChI=1S/C10H8N6O3/c11-5-7-1-3-12-10(9(7)16(17)18)13-4-2-8-14-6-19-15-8/h1,3,6H,2,4H2,(H,12,13). The van der Waals surface area contributed by atoms with Crippen LogP contribution in [0.15, 0.2) is 23.2 Å². The van der Waals surface area contributed by atoms with Gasteiger partial charge in [-0.15, -0.1) is 0 Å². The molecule has 0 radical (unpaired) electrons. The van der Waals surface area contributed by atoms with E-state index in [2.05, 4.69) is 25.0 Å². The molecule has 0 unspecified atom stereocenters. The Labute approximate surface area is 107 Å². The van der Waals surface area contributed by atoms with Crippen LogP contribution in [-0.4, -0.2) is 26.6 Å². The Balaban J connectivity index is 2.12. The highest BCUT2D eigenvalue weighted by molar-refractivity contribution is 5.63. The molecule has 2 rings (SSSR count). The van der Waals surface area contributed by atoms with Gasteiger partial charge < -0.3 is 9.84 Å². The normalized spacial score (nSPS) is 9.84. The van der Waals surface area contributed by atoms with Crippen LogP contribution in [0.3, 0.4) is 0 Å². The van der Waals surface area contributed by atoms with Gasteiger partial charge in [-0.3, -0.25) is 10.1 Å². The van der Waals surface area contributed by atoms with E-state index in [9.17, 15) is 10.1 Å². The van der Waals surface area contributed by atoms with E-state index in [0.717, 1.165) is 0 Å². The molecule has 19 heavy (non-hydrogen) atoms. The molecule has 2 aromatic rings. The fourth-order valence-corrected chi connectivity index (χ4v) is 1.45. The van der Waals surface area contributed by atoms with Crippen molar-refractivity contribution >= 4 is 11.5 Å². The van der Waals surface area contributed by atoms with Crippen molar-refractivity contribution in [2.45, 2.75) is 6.42 Å². The summed E-state index contributed by atoms with van der Waals surface area (Å²) in [6.07, 6.45) is 2.96. The molecule has 2 heterocycles. The summed E-state index contributed by atoms with van der Waals surface area (Å²) >= 11 is 0. The lowest BCUT2D eigenvalue weighted by Gasteiger charge is -2.05. The second kappa shape index (κ2) is 5.54. The third-order valence-electron chi connectivity index (χ3n) is 2.28. The number of nitriles is 1. The molecule has 1 N–H and O–H groups in total. The van der Waals surface area contributed by atoms with Gasteiger partial charge in [0.15, 0.2) is 5.82 Å². The van der Waals surface area contributed by atoms with E-state index in [1.54, 1.807) is 6.07 Å². The molecule has 0 aliphatic heterocycles. The lowest BCUT2D eigenvalue weighted by atomic mass is 10.2. The minimum Gasteiger partial charge on any atom is -0.364 e. The zero-order valence-electron chi connectivity index (χ0n) is 9.61. The van der Waals surface area contributed by atoms with Crippen LogP contribution >= 0.6 is 0 Å². The molecule has 2 aromatic heterocycles. The summed E-state index contributed by atoms with van der Waals surface area (Å²) in [6.45, 7) is 0.336. The van der Waals surface area contributed by atoms with Crippen LogP contribution in [0.25, 0.3) is 0 Å². The summed E-state index contributed by atoms with van der Waals surface area (Å²) in [5.41, 5.74) is -0.375. The molecular formula is C10H8N6O3. The predicted octanol–water partition coefficient (Wildman–Crippen LogP) is 0.899. The molecule has 9 nitrogen and oxygen atoms in total. The Bertz CT molecular complexity index is 619. The van der Waals surface area contributed by atoms with E-state index in [-0.39, 0.29) is 17.1 Å². The number of nitro groups is 1. The molecule has 0 fully saturated rings. The van der Waals surface area contributed by atoms with Gasteiger partial charge in [0.2, 0.25) is 12.2 Å². The monoisotopic (exact) mass is 260 g/mol. The Morgan fingerprint density at radius 2 is 2.37 bits per heavy atom. The minimum absolute atomic E-state index is 0.0398. The van der Waals surface area contributed by atoms with Crippen LogP contribution in [0.1, 0.15) is 11.4 Å². The summed E-state index contributed by atoms with van der Waals surface area (Å²) < 4.78 is 4.56. The molecule has 9 heteroatoms. The third kappa shape index (κ3) is 2.81. The number of rotatable bonds is 5. The Morgan fingerprint density at radius 1 is 1.53 bits per heavy atom. The van der Waals surface area contributed by atoms with Gasteiger partial charge >= 0.3 is 5.69 Å². The molecule has 0 aliphatic carbocycles. The maximum Gasteiger partial charge on any atom is 0.328 e. The number of anilines is 1. The number of nitrogens with one attached hydrogen (secondary N) is 1. The Morgan fingerprint density at radius 3 is 3.00 bits per heavy atom. The second-order valence-electron chi connectivity index (χ2n) is 3.45. The van der Waals surface area contributed by atoms with Gasteiger partial charge in [0.1, 0.15) is 11.6 Å². The maximum absolute atomic E-state index is 10.9. The molecule has 0 amide bonds. The average molecular weight is 260 g/mol. The van der Waals surface area contributed by atoms with E-state index in [1.165, 1.54) is 18.7 Å². The van der Waals surface area contributed by atoms with Gasteiger partial charge in [0, 0.05) is 19.2 Å². The van der Waals surface area contributed by atoms with Crippen molar-refractivity contribution in [3.63, 3.8) is 0 Å². The molecule has 0 bridgehead atoms. The van der Waals surface area contributed by atoms with Gasteiger partial charge in [-0.25, -0.2) is 4.98 Å². The Kier molecular flexibility index (Phi) is 3.63. The third-order valence-corrected chi connectivity index (χ3v) is 2.28. The van der Waals surface area contributed by atoms with Crippen molar-refractivity contribution in [3.05, 3.63) is 40.2 Å². The van der Waals surface area contributed by atoms with Crippen molar-refractivity contribution in [1.29, 1.82) is 5.26 Å². The molecule has 0 atom stereocenters. The lowest BCUT2D eigenvalue weighted by molar-refractivity contribution is -0.384. The van der Waals surface area contributed by atoms with E-state index in [1.807, 2.05) is 0 Å². The summed E-state index contributed by atoms with van der Waals surface area (Å²) in [6, 6.07) is 3.05. The van der Waals surface area contributed by atoms with Gasteiger partial charge in [0.05, 0.1) is 4.92 Å². The summed E-state index contributed by atoms with van der Waals surface area (Å²) in [7, 11) is 0. The van der Waals surface area contributed by atoms with Crippen LogP contribution in [0.2, 0.25) is 0 Å². The van der Waals surface area contributed by atoms with Crippen LogP contribution in [-0.2, 0) is 6.42 Å². The van der Waals surface area contributed by atoms with E-state index in [4.69, 9.17) is 5.26 Å². The fraction of sp³-hybridized carbons (Fsp3) is 0.200. The van der Waals surface area contributed by atoms with E-state index in [0.29, 0.717) is 18.8 Å². The van der Waals surface area contributed by atoms with Crippen molar-refractivity contribution in [2.75, 3.05) is 11.9 Å². The number of pyridine rings is 1. The molecule has 0 aliphatic rings. The van der Waals surface area contributed by atoms with Crippen LogP contribution in [0.5, 0.6) is 0 Å². The molecule has 0 saturated heterocycles. The van der Waals surface area contributed by atoms with Crippen molar-refractivity contribution < 1.29 is 9.45 Å². The molecule has 0 spiro atoms. The fourth-order valence-electron chi connectivity index (χ4n) is 1.45. The number of nitrogens with zero attached hydrogens (tertiary/aromatic N) is 5.